The molecule has 2 aliphatic rings. The van der Waals surface area contributed by atoms with E-state index < -0.39 is 0 Å². The predicted molar refractivity (Wildman–Crippen MR) is 71.0 cm³/mol. The molecule has 0 bridgehead atoms. The van der Waals surface area contributed by atoms with Gasteiger partial charge in [-0.05, 0) is 46.0 Å². The third-order valence-corrected chi connectivity index (χ3v) is 4.50. The lowest BCUT2D eigenvalue weighted by molar-refractivity contribution is -0.156. The zero-order valence-corrected chi connectivity index (χ0v) is 11.8. The molecular formula is C14H28N2O. The van der Waals surface area contributed by atoms with Crippen LogP contribution >= 0.6 is 0 Å². The van der Waals surface area contributed by atoms with Gasteiger partial charge >= 0.3 is 0 Å². The molecule has 0 aromatic carbocycles. The molecule has 1 aliphatic heterocycles. The highest BCUT2D eigenvalue weighted by Crippen LogP contribution is 2.46. The highest BCUT2D eigenvalue weighted by atomic mass is 16.5. The fourth-order valence-electron chi connectivity index (χ4n) is 3.62. The second kappa shape index (κ2) is 4.52. The second-order valence-corrected chi connectivity index (χ2v) is 6.50. The van der Waals surface area contributed by atoms with Gasteiger partial charge in [0.15, 0.2) is 0 Å². The lowest BCUT2D eigenvalue weighted by atomic mass is 9.85. The van der Waals surface area contributed by atoms with Gasteiger partial charge in [-0.15, -0.1) is 0 Å². The van der Waals surface area contributed by atoms with E-state index in [0.29, 0.717) is 6.10 Å². The van der Waals surface area contributed by atoms with E-state index in [0.717, 1.165) is 32.0 Å². The van der Waals surface area contributed by atoms with Crippen LogP contribution in [-0.2, 0) is 4.74 Å². The lowest BCUT2D eigenvalue weighted by Gasteiger charge is -2.51. The van der Waals surface area contributed by atoms with Crippen LogP contribution in [0.2, 0.25) is 0 Å². The molecule has 0 spiro atoms. The molecule has 3 heteroatoms. The normalized spacial score (nSPS) is 33.4. The molecule has 1 heterocycles. The van der Waals surface area contributed by atoms with Crippen LogP contribution in [0.15, 0.2) is 0 Å². The van der Waals surface area contributed by atoms with Crippen LogP contribution in [0.1, 0.15) is 47.0 Å². The van der Waals surface area contributed by atoms with Crippen LogP contribution in [-0.4, -0.2) is 41.8 Å². The molecule has 1 aliphatic carbocycles. The van der Waals surface area contributed by atoms with E-state index in [1.165, 1.54) is 12.8 Å². The van der Waals surface area contributed by atoms with Crippen molar-refractivity contribution in [1.29, 1.82) is 0 Å². The van der Waals surface area contributed by atoms with Gasteiger partial charge in [-0.2, -0.15) is 0 Å². The van der Waals surface area contributed by atoms with E-state index >= 15 is 0 Å². The number of rotatable bonds is 4. The Balaban J connectivity index is 2.18. The minimum Gasteiger partial charge on any atom is -0.370 e. The van der Waals surface area contributed by atoms with Gasteiger partial charge in [0.1, 0.15) is 0 Å². The number of hydrogen-bond acceptors (Lipinski definition) is 3. The summed E-state index contributed by atoms with van der Waals surface area (Å²) in [4.78, 5) is 2.62. The molecule has 17 heavy (non-hydrogen) atoms. The van der Waals surface area contributed by atoms with Crippen molar-refractivity contribution in [3.05, 3.63) is 0 Å². The van der Waals surface area contributed by atoms with Gasteiger partial charge in [-0.25, -0.2) is 0 Å². The molecule has 1 saturated heterocycles. The van der Waals surface area contributed by atoms with Crippen molar-refractivity contribution < 1.29 is 4.74 Å². The largest absolute Gasteiger partial charge is 0.370 e. The molecule has 1 saturated carbocycles. The van der Waals surface area contributed by atoms with Crippen LogP contribution < -0.4 is 5.73 Å². The predicted octanol–water partition coefficient (Wildman–Crippen LogP) is 2.00. The summed E-state index contributed by atoms with van der Waals surface area (Å²) in [5.41, 5.74) is 6.33. The van der Waals surface area contributed by atoms with Crippen LogP contribution in [0.5, 0.6) is 0 Å². The molecule has 0 aromatic heterocycles. The van der Waals surface area contributed by atoms with Crippen LogP contribution in [0, 0.1) is 5.92 Å². The van der Waals surface area contributed by atoms with Gasteiger partial charge in [0.05, 0.1) is 11.7 Å². The Morgan fingerprint density at radius 2 is 2.06 bits per heavy atom. The Hall–Kier alpha value is -0.120. The smallest absolute Gasteiger partial charge is 0.0757 e. The minimum atomic E-state index is -0.0395. The summed E-state index contributed by atoms with van der Waals surface area (Å²) >= 11 is 0. The molecule has 2 fully saturated rings. The summed E-state index contributed by atoms with van der Waals surface area (Å²) < 4.78 is 6.01. The quantitative estimate of drug-likeness (QED) is 0.817. The average Bonchev–Trinajstić information content (AvgIpc) is 3.02. The maximum atomic E-state index is 6.14. The molecule has 0 amide bonds. The summed E-state index contributed by atoms with van der Waals surface area (Å²) in [5.74, 6) is 0.818. The Labute approximate surface area is 106 Å². The van der Waals surface area contributed by atoms with Crippen molar-refractivity contribution in [2.24, 2.45) is 11.7 Å². The van der Waals surface area contributed by atoms with Gasteiger partial charge in [-0.3, -0.25) is 4.90 Å². The number of morpholine rings is 1. The maximum absolute atomic E-state index is 6.14. The monoisotopic (exact) mass is 240 g/mol. The molecule has 100 valence electrons. The lowest BCUT2D eigenvalue weighted by Crippen LogP contribution is -2.64. The first-order valence-electron chi connectivity index (χ1n) is 7.06. The minimum absolute atomic E-state index is 0.0395. The van der Waals surface area contributed by atoms with Gasteiger partial charge in [0.25, 0.3) is 0 Å². The number of hydrogen-bond donors (Lipinski definition) is 1. The zero-order chi connectivity index (χ0) is 12.7. The summed E-state index contributed by atoms with van der Waals surface area (Å²) in [5, 5.41) is 0. The highest BCUT2D eigenvalue weighted by Gasteiger charge is 2.50. The van der Waals surface area contributed by atoms with Gasteiger partial charge in [0, 0.05) is 25.2 Å². The first kappa shape index (κ1) is 13.3. The maximum Gasteiger partial charge on any atom is 0.0757 e. The Morgan fingerprint density at radius 1 is 1.41 bits per heavy atom. The van der Waals surface area contributed by atoms with Crippen molar-refractivity contribution >= 4 is 0 Å². The van der Waals surface area contributed by atoms with Crippen LogP contribution in [0.3, 0.4) is 0 Å². The molecule has 2 atom stereocenters. The van der Waals surface area contributed by atoms with Crippen LogP contribution in [0.25, 0.3) is 0 Å². The van der Waals surface area contributed by atoms with E-state index in [4.69, 9.17) is 10.5 Å². The standard InChI is InChI=1S/C14H28N2O/c1-5-14(9-15,12-6-7-12)16-8-11(2)17-13(3,4)10-16/h11-12H,5-10,15H2,1-4H3. The SMILES string of the molecule is CCC(CN)(C1CC1)N1CC(C)OC(C)(C)C1. The van der Waals surface area contributed by atoms with Gasteiger partial charge < -0.3 is 10.5 Å². The van der Waals surface area contributed by atoms with E-state index in [2.05, 4.69) is 32.6 Å². The molecule has 2 N–H and O–H groups in total. The molecule has 2 unspecified atom stereocenters. The third kappa shape index (κ3) is 2.51. The van der Waals surface area contributed by atoms with Crippen molar-refractivity contribution in [1.82, 2.24) is 4.90 Å². The summed E-state index contributed by atoms with van der Waals surface area (Å²) in [6.45, 7) is 11.7. The third-order valence-electron chi connectivity index (χ3n) is 4.50. The average molecular weight is 240 g/mol. The van der Waals surface area contributed by atoms with Gasteiger partial charge in [0.2, 0.25) is 0 Å². The Morgan fingerprint density at radius 3 is 2.47 bits per heavy atom. The van der Waals surface area contributed by atoms with E-state index in [1.54, 1.807) is 0 Å². The topological polar surface area (TPSA) is 38.5 Å². The number of ether oxygens (including phenoxy) is 1. The summed E-state index contributed by atoms with van der Waals surface area (Å²) in [7, 11) is 0. The van der Waals surface area contributed by atoms with Crippen LogP contribution in [0.4, 0.5) is 0 Å². The van der Waals surface area contributed by atoms with Gasteiger partial charge in [-0.1, -0.05) is 6.92 Å². The Bertz CT molecular complexity index is 269. The first-order valence-corrected chi connectivity index (χ1v) is 7.06. The van der Waals surface area contributed by atoms with Crippen molar-refractivity contribution in [3.8, 4) is 0 Å². The highest BCUT2D eigenvalue weighted by molar-refractivity contribution is 5.05. The number of nitrogens with zero attached hydrogens (tertiary/aromatic N) is 1. The molecular weight excluding hydrogens is 212 g/mol. The number of nitrogens with two attached hydrogens (primary N) is 1. The molecule has 3 nitrogen and oxygen atoms in total. The fraction of sp³-hybridized carbons (Fsp3) is 1.00. The fourth-order valence-corrected chi connectivity index (χ4v) is 3.62. The molecule has 0 aromatic rings. The van der Waals surface area contributed by atoms with E-state index in [-0.39, 0.29) is 11.1 Å². The zero-order valence-electron chi connectivity index (χ0n) is 11.8. The van der Waals surface area contributed by atoms with Crippen molar-refractivity contribution in [3.63, 3.8) is 0 Å². The molecule has 0 radical (unpaired) electrons. The summed E-state index contributed by atoms with van der Waals surface area (Å²) in [6, 6.07) is 0. The Kier molecular flexibility index (Phi) is 3.54. The van der Waals surface area contributed by atoms with Crippen molar-refractivity contribution in [2.45, 2.75) is 64.2 Å². The molecule has 2 rings (SSSR count). The summed E-state index contributed by atoms with van der Waals surface area (Å²) in [6.07, 6.45) is 4.20. The van der Waals surface area contributed by atoms with E-state index in [9.17, 15) is 0 Å². The first-order chi connectivity index (χ1) is 7.93. The van der Waals surface area contributed by atoms with E-state index in [1.807, 2.05) is 0 Å². The second-order valence-electron chi connectivity index (χ2n) is 6.50. The van der Waals surface area contributed by atoms with Crippen molar-refractivity contribution in [2.75, 3.05) is 19.6 Å².